The van der Waals surface area contributed by atoms with Crippen molar-refractivity contribution in [3.8, 4) is 0 Å². The van der Waals surface area contributed by atoms with E-state index in [1.807, 2.05) is 52.8 Å². The quantitative estimate of drug-likeness (QED) is 0.320. The van der Waals surface area contributed by atoms with Gasteiger partial charge in [0.05, 0.1) is 12.1 Å². The summed E-state index contributed by atoms with van der Waals surface area (Å²) in [5, 5.41) is 6.73. The third-order valence-corrected chi connectivity index (χ3v) is 9.59. The summed E-state index contributed by atoms with van der Waals surface area (Å²) in [7, 11) is 1.75. The largest absolute Gasteiger partial charge is 0.350 e. The van der Waals surface area contributed by atoms with E-state index in [0.717, 1.165) is 37.8 Å². The van der Waals surface area contributed by atoms with Gasteiger partial charge in [-0.05, 0) is 82.0 Å². The number of nitrogens with zero attached hydrogens (tertiary/aromatic N) is 3. The van der Waals surface area contributed by atoms with Gasteiger partial charge in [-0.1, -0.05) is 70.8 Å². The Bertz CT molecular complexity index is 1260. The van der Waals surface area contributed by atoms with Gasteiger partial charge in [0.25, 0.3) is 0 Å². The number of carbonyl (C=O) groups is 4. The standard InChI is InChI=1S/C36H56ClN5O4/c1-23(2)30(40(9)35(46)31(36(6,7)8)39-33(44)29-13-10-11-19-41(29)24(3)4)21-25(5)34(45)42-20-12-14-28(42)32(43)38-22-26-15-17-27(37)18-16-26/h15-18,21,23-24,28-31H,10-14,19-20,22H2,1-9H3,(H,38,43)(H,39,44)/b25-21+/t28-,29?,30+,31?/m0/s1. The molecular weight excluding hydrogens is 602 g/mol. The SMILES string of the molecule is C/C(=C\[C@H](C(C)C)N(C)C(=O)C(NC(=O)C1CCCCN1C(C)C)C(C)(C)C)C(=O)N1CCC[C@H]1C(=O)NCc1ccc(Cl)cc1. The molecule has 2 unspecified atom stereocenters. The number of carbonyl (C=O) groups excluding carboxylic acids is 4. The third kappa shape index (κ3) is 9.57. The highest BCUT2D eigenvalue weighted by atomic mass is 35.5. The van der Waals surface area contributed by atoms with E-state index in [4.69, 9.17) is 11.6 Å². The number of nitrogens with one attached hydrogen (secondary N) is 2. The molecule has 0 spiro atoms. The number of amides is 4. The van der Waals surface area contributed by atoms with Crippen LogP contribution in [0.1, 0.15) is 93.1 Å². The molecule has 46 heavy (non-hydrogen) atoms. The molecule has 2 saturated heterocycles. The average Bonchev–Trinajstić information content (AvgIpc) is 3.50. The van der Waals surface area contributed by atoms with Gasteiger partial charge in [0.15, 0.2) is 0 Å². The van der Waals surface area contributed by atoms with E-state index >= 15 is 0 Å². The molecule has 1 aromatic carbocycles. The molecule has 2 heterocycles. The van der Waals surface area contributed by atoms with Gasteiger partial charge < -0.3 is 20.4 Å². The summed E-state index contributed by atoms with van der Waals surface area (Å²) in [4.78, 5) is 60.2. The Balaban J connectivity index is 1.74. The van der Waals surface area contributed by atoms with Gasteiger partial charge in [0, 0.05) is 36.8 Å². The topological polar surface area (TPSA) is 102 Å². The van der Waals surface area contributed by atoms with Crippen LogP contribution in [0.15, 0.2) is 35.9 Å². The van der Waals surface area contributed by atoms with E-state index in [2.05, 4.69) is 29.4 Å². The normalized spacial score (nSPS) is 20.9. The van der Waals surface area contributed by atoms with Crippen LogP contribution in [0.2, 0.25) is 5.02 Å². The zero-order chi connectivity index (χ0) is 34.3. The first kappa shape index (κ1) is 37.5. The minimum absolute atomic E-state index is 0.000142. The van der Waals surface area contributed by atoms with E-state index in [9.17, 15) is 19.2 Å². The van der Waals surface area contributed by atoms with E-state index in [1.165, 1.54) is 0 Å². The minimum Gasteiger partial charge on any atom is -0.350 e. The summed E-state index contributed by atoms with van der Waals surface area (Å²) in [5.41, 5.74) is 0.885. The van der Waals surface area contributed by atoms with Crippen LogP contribution in [0, 0.1) is 11.3 Å². The molecule has 0 aliphatic carbocycles. The van der Waals surface area contributed by atoms with Crippen molar-refractivity contribution in [3.05, 3.63) is 46.5 Å². The second-order valence-electron chi connectivity index (χ2n) is 14.7. The lowest BCUT2D eigenvalue weighted by Gasteiger charge is -2.41. The van der Waals surface area contributed by atoms with E-state index < -0.39 is 17.5 Å². The zero-order valence-electron chi connectivity index (χ0n) is 29.4. The molecule has 2 aliphatic rings. The number of likely N-dealkylation sites (N-methyl/N-ethyl adjacent to an activating group) is 1. The second-order valence-corrected chi connectivity index (χ2v) is 15.1. The van der Waals surface area contributed by atoms with Gasteiger partial charge in [-0.15, -0.1) is 0 Å². The number of piperidine rings is 1. The van der Waals surface area contributed by atoms with Gasteiger partial charge in [-0.3, -0.25) is 24.1 Å². The number of rotatable bonds is 11. The van der Waals surface area contributed by atoms with Crippen molar-refractivity contribution in [1.82, 2.24) is 25.3 Å². The van der Waals surface area contributed by atoms with Crippen LogP contribution in [0.5, 0.6) is 0 Å². The maximum atomic E-state index is 14.1. The summed E-state index contributed by atoms with van der Waals surface area (Å²) in [6.45, 7) is 17.6. The van der Waals surface area contributed by atoms with Crippen LogP contribution in [0.4, 0.5) is 0 Å². The number of benzene rings is 1. The van der Waals surface area contributed by atoms with Crippen molar-refractivity contribution in [2.75, 3.05) is 20.1 Å². The third-order valence-electron chi connectivity index (χ3n) is 9.34. The lowest BCUT2D eigenvalue weighted by atomic mass is 9.84. The number of likely N-dealkylation sites (tertiary alicyclic amines) is 2. The fraction of sp³-hybridized carbons (Fsp3) is 0.667. The molecule has 2 N–H and O–H groups in total. The Morgan fingerprint density at radius 1 is 0.957 bits per heavy atom. The Morgan fingerprint density at radius 3 is 2.17 bits per heavy atom. The van der Waals surface area contributed by atoms with Gasteiger partial charge in [0.2, 0.25) is 23.6 Å². The van der Waals surface area contributed by atoms with Crippen molar-refractivity contribution in [3.63, 3.8) is 0 Å². The van der Waals surface area contributed by atoms with E-state index in [1.54, 1.807) is 35.9 Å². The summed E-state index contributed by atoms with van der Waals surface area (Å²) in [5.74, 6) is -0.683. The fourth-order valence-corrected chi connectivity index (χ4v) is 6.71. The molecule has 0 radical (unpaired) electrons. The molecule has 2 fully saturated rings. The zero-order valence-corrected chi connectivity index (χ0v) is 30.1. The molecule has 2 aliphatic heterocycles. The molecule has 0 aromatic heterocycles. The fourth-order valence-electron chi connectivity index (χ4n) is 6.59. The summed E-state index contributed by atoms with van der Waals surface area (Å²) >= 11 is 5.98. The first-order valence-corrected chi connectivity index (χ1v) is 17.2. The highest BCUT2D eigenvalue weighted by Crippen LogP contribution is 2.27. The molecule has 1 aromatic rings. The average molecular weight is 658 g/mol. The predicted molar refractivity (Wildman–Crippen MR) is 184 cm³/mol. The van der Waals surface area contributed by atoms with Crippen LogP contribution in [0.3, 0.4) is 0 Å². The van der Waals surface area contributed by atoms with Crippen molar-refractivity contribution >= 4 is 35.2 Å². The maximum Gasteiger partial charge on any atom is 0.249 e. The van der Waals surface area contributed by atoms with E-state index in [-0.39, 0.29) is 47.7 Å². The van der Waals surface area contributed by atoms with Crippen molar-refractivity contribution < 1.29 is 19.2 Å². The number of hydrogen-bond donors (Lipinski definition) is 2. The van der Waals surface area contributed by atoms with Crippen LogP contribution in [-0.2, 0) is 25.7 Å². The summed E-state index contributed by atoms with van der Waals surface area (Å²) in [6, 6.07) is 5.60. The lowest BCUT2D eigenvalue weighted by Crippen LogP contribution is -2.60. The second kappa shape index (κ2) is 16.3. The molecule has 4 amide bonds. The number of hydrogen-bond acceptors (Lipinski definition) is 5. The molecule has 0 saturated carbocycles. The predicted octanol–water partition coefficient (Wildman–Crippen LogP) is 5.17. The smallest absolute Gasteiger partial charge is 0.249 e. The van der Waals surface area contributed by atoms with E-state index in [0.29, 0.717) is 30.1 Å². The Hall–Kier alpha value is -2.91. The van der Waals surface area contributed by atoms with Crippen LogP contribution >= 0.6 is 11.6 Å². The first-order valence-electron chi connectivity index (χ1n) is 16.9. The molecule has 10 heteroatoms. The maximum absolute atomic E-state index is 14.1. The molecular formula is C36H56ClN5O4. The minimum atomic E-state index is -0.737. The molecule has 0 bridgehead atoms. The monoisotopic (exact) mass is 657 g/mol. The van der Waals surface area contributed by atoms with Crippen LogP contribution < -0.4 is 10.6 Å². The number of halogens is 1. The van der Waals surface area contributed by atoms with Crippen molar-refractivity contribution in [1.29, 1.82) is 0 Å². The van der Waals surface area contributed by atoms with Gasteiger partial charge in [-0.2, -0.15) is 0 Å². The van der Waals surface area contributed by atoms with Crippen LogP contribution in [0.25, 0.3) is 0 Å². The van der Waals surface area contributed by atoms with Gasteiger partial charge in [0.1, 0.15) is 12.1 Å². The lowest BCUT2D eigenvalue weighted by molar-refractivity contribution is -0.142. The molecule has 256 valence electrons. The van der Waals surface area contributed by atoms with Crippen molar-refractivity contribution in [2.24, 2.45) is 11.3 Å². The van der Waals surface area contributed by atoms with Crippen molar-refractivity contribution in [2.45, 2.75) is 124 Å². The Morgan fingerprint density at radius 2 is 1.59 bits per heavy atom. The molecule has 9 nitrogen and oxygen atoms in total. The Labute approximate surface area is 281 Å². The van der Waals surface area contributed by atoms with Gasteiger partial charge in [-0.25, -0.2) is 0 Å². The summed E-state index contributed by atoms with van der Waals surface area (Å²) < 4.78 is 0. The molecule has 4 atom stereocenters. The highest BCUT2D eigenvalue weighted by Gasteiger charge is 2.40. The van der Waals surface area contributed by atoms with Crippen LogP contribution in [-0.4, -0.2) is 88.7 Å². The summed E-state index contributed by atoms with van der Waals surface area (Å²) in [6.07, 6.45) is 6.02. The Kier molecular flexibility index (Phi) is 13.3. The highest BCUT2D eigenvalue weighted by molar-refractivity contribution is 6.30. The molecule has 3 rings (SSSR count). The first-order chi connectivity index (χ1) is 21.5. The van der Waals surface area contributed by atoms with Gasteiger partial charge >= 0.3 is 0 Å².